The van der Waals surface area contributed by atoms with Crippen LogP contribution >= 0.6 is 12.2 Å². The molecule has 0 aliphatic heterocycles. The molecule has 3 N–H and O–H groups in total. The number of nitrogens with two attached hydrogens (primary N) is 1. The maximum atomic E-state index is 11.1. The summed E-state index contributed by atoms with van der Waals surface area (Å²) in [4.78, 5) is 11.2. The number of nitriles is 1. The molecule has 1 amide bonds. The van der Waals surface area contributed by atoms with Crippen LogP contribution in [0.1, 0.15) is 0 Å². The standard InChI is InChI=1S/C14H11N3OS/c15-8-11(13(16)18)14(19)17-12-7-3-5-9-4-1-2-6-10(9)12/h1-7,11H,(H2,16,18)(H,17,19). The minimum Gasteiger partial charge on any atom is -0.368 e. The quantitative estimate of drug-likeness (QED) is 0.837. The van der Waals surface area contributed by atoms with Gasteiger partial charge in [0, 0.05) is 11.1 Å². The van der Waals surface area contributed by atoms with E-state index < -0.39 is 11.8 Å². The average Bonchev–Trinajstić information content (AvgIpc) is 2.39. The lowest BCUT2D eigenvalue weighted by Crippen LogP contribution is -2.32. The first-order valence-electron chi connectivity index (χ1n) is 5.61. The van der Waals surface area contributed by atoms with Gasteiger partial charge < -0.3 is 11.1 Å². The number of anilines is 1. The molecule has 5 heteroatoms. The monoisotopic (exact) mass is 269 g/mol. The van der Waals surface area contributed by atoms with E-state index in [0.29, 0.717) is 0 Å². The van der Waals surface area contributed by atoms with E-state index in [1.807, 2.05) is 42.5 Å². The fraction of sp³-hybridized carbons (Fsp3) is 0.0714. The molecular formula is C14H11N3OS. The SMILES string of the molecule is N#CC(C(N)=O)C(=S)Nc1cccc2ccccc12. The molecule has 2 aromatic rings. The molecule has 0 fully saturated rings. The van der Waals surface area contributed by atoms with Crippen LogP contribution in [0.15, 0.2) is 42.5 Å². The normalized spacial score (nSPS) is 11.5. The van der Waals surface area contributed by atoms with Crippen LogP contribution in [0.3, 0.4) is 0 Å². The summed E-state index contributed by atoms with van der Waals surface area (Å²) in [5.41, 5.74) is 5.88. The summed E-state index contributed by atoms with van der Waals surface area (Å²) in [6, 6.07) is 15.2. The number of carbonyl (C=O) groups excluding carboxylic acids is 1. The van der Waals surface area contributed by atoms with Crippen LogP contribution in [0.25, 0.3) is 10.8 Å². The summed E-state index contributed by atoms with van der Waals surface area (Å²) in [6.45, 7) is 0. The van der Waals surface area contributed by atoms with Gasteiger partial charge in [0.05, 0.1) is 6.07 Å². The van der Waals surface area contributed by atoms with Gasteiger partial charge in [0.1, 0.15) is 4.99 Å². The van der Waals surface area contributed by atoms with E-state index >= 15 is 0 Å². The topological polar surface area (TPSA) is 78.9 Å². The molecule has 0 aromatic heterocycles. The van der Waals surface area contributed by atoms with E-state index in [1.54, 1.807) is 6.07 Å². The van der Waals surface area contributed by atoms with Crippen LogP contribution in [0, 0.1) is 17.2 Å². The van der Waals surface area contributed by atoms with Crippen molar-refractivity contribution < 1.29 is 4.79 Å². The fourth-order valence-corrected chi connectivity index (χ4v) is 2.07. The molecule has 0 aliphatic carbocycles. The molecule has 2 aromatic carbocycles. The molecule has 4 nitrogen and oxygen atoms in total. The lowest BCUT2D eigenvalue weighted by Gasteiger charge is -2.12. The summed E-state index contributed by atoms with van der Waals surface area (Å²) in [6.07, 6.45) is 0. The van der Waals surface area contributed by atoms with Crippen LogP contribution in [-0.2, 0) is 4.79 Å². The van der Waals surface area contributed by atoms with Gasteiger partial charge in [-0.25, -0.2) is 0 Å². The number of fused-ring (bicyclic) bond motifs is 1. The van der Waals surface area contributed by atoms with Crippen LogP contribution in [0.2, 0.25) is 0 Å². The Hall–Kier alpha value is -2.45. The lowest BCUT2D eigenvalue weighted by atomic mass is 10.1. The van der Waals surface area contributed by atoms with Crippen molar-refractivity contribution in [2.75, 3.05) is 5.32 Å². The van der Waals surface area contributed by atoms with Gasteiger partial charge in [0.15, 0.2) is 5.92 Å². The Bertz CT molecular complexity index is 685. The Morgan fingerprint density at radius 2 is 1.95 bits per heavy atom. The van der Waals surface area contributed by atoms with Crippen molar-refractivity contribution in [2.24, 2.45) is 11.7 Å². The summed E-state index contributed by atoms with van der Waals surface area (Å²) < 4.78 is 0. The molecule has 1 unspecified atom stereocenters. The van der Waals surface area contributed by atoms with E-state index in [4.69, 9.17) is 23.2 Å². The maximum absolute atomic E-state index is 11.1. The van der Waals surface area contributed by atoms with Crippen LogP contribution < -0.4 is 11.1 Å². The van der Waals surface area contributed by atoms with Crippen molar-refractivity contribution in [3.63, 3.8) is 0 Å². The number of carbonyl (C=O) groups is 1. The number of hydrogen-bond donors (Lipinski definition) is 2. The molecule has 1 atom stereocenters. The number of nitrogens with zero attached hydrogens (tertiary/aromatic N) is 1. The number of amides is 1. The molecule has 0 bridgehead atoms. The molecule has 94 valence electrons. The third-order valence-corrected chi connectivity index (χ3v) is 3.06. The number of primary amides is 1. The second-order valence-electron chi connectivity index (χ2n) is 3.98. The van der Waals surface area contributed by atoms with Gasteiger partial charge in [0.25, 0.3) is 0 Å². The first-order valence-corrected chi connectivity index (χ1v) is 6.02. The first-order chi connectivity index (χ1) is 9.13. The zero-order valence-electron chi connectivity index (χ0n) is 9.96. The van der Waals surface area contributed by atoms with E-state index in [0.717, 1.165) is 16.5 Å². The third kappa shape index (κ3) is 2.69. The Morgan fingerprint density at radius 3 is 2.63 bits per heavy atom. The van der Waals surface area contributed by atoms with Crippen LogP contribution in [-0.4, -0.2) is 10.9 Å². The van der Waals surface area contributed by atoms with Gasteiger partial charge in [-0.05, 0) is 11.5 Å². The fourth-order valence-electron chi connectivity index (χ4n) is 1.79. The van der Waals surface area contributed by atoms with Crippen LogP contribution in [0.5, 0.6) is 0 Å². The van der Waals surface area contributed by atoms with Gasteiger partial charge in [-0.1, -0.05) is 48.6 Å². The summed E-state index contributed by atoms with van der Waals surface area (Å²) in [5, 5.41) is 13.8. The number of hydrogen-bond acceptors (Lipinski definition) is 3. The van der Waals surface area contributed by atoms with Crippen molar-refractivity contribution in [3.05, 3.63) is 42.5 Å². The number of rotatable bonds is 3. The predicted octanol–water partition coefficient (Wildman–Crippen LogP) is 2.20. The minimum atomic E-state index is -1.12. The average molecular weight is 269 g/mol. The van der Waals surface area contributed by atoms with Gasteiger partial charge >= 0.3 is 0 Å². The third-order valence-electron chi connectivity index (χ3n) is 2.72. The van der Waals surface area contributed by atoms with Gasteiger partial charge in [-0.15, -0.1) is 0 Å². The number of benzene rings is 2. The highest BCUT2D eigenvalue weighted by Gasteiger charge is 2.20. The molecule has 19 heavy (non-hydrogen) atoms. The summed E-state index contributed by atoms with van der Waals surface area (Å²) in [7, 11) is 0. The van der Waals surface area contributed by atoms with E-state index in [9.17, 15) is 4.79 Å². The Balaban J connectivity index is 2.34. The minimum absolute atomic E-state index is 0.117. The summed E-state index contributed by atoms with van der Waals surface area (Å²) >= 11 is 5.06. The van der Waals surface area contributed by atoms with Crippen molar-refractivity contribution in [3.8, 4) is 6.07 Å². The number of thiocarbonyl (C=S) groups is 1. The molecule has 0 heterocycles. The first kappa shape index (κ1) is 13.0. The molecule has 0 radical (unpaired) electrons. The van der Waals surface area contributed by atoms with Crippen molar-refractivity contribution >= 4 is 39.6 Å². The Kier molecular flexibility index (Phi) is 3.74. The Morgan fingerprint density at radius 1 is 1.26 bits per heavy atom. The van der Waals surface area contributed by atoms with Gasteiger partial charge in [-0.3, -0.25) is 4.79 Å². The van der Waals surface area contributed by atoms with Crippen molar-refractivity contribution in [1.29, 1.82) is 5.26 Å². The van der Waals surface area contributed by atoms with E-state index in [2.05, 4.69) is 5.32 Å². The van der Waals surface area contributed by atoms with E-state index in [-0.39, 0.29) is 4.99 Å². The second-order valence-corrected chi connectivity index (χ2v) is 4.42. The number of nitrogens with one attached hydrogen (secondary N) is 1. The smallest absolute Gasteiger partial charge is 0.241 e. The maximum Gasteiger partial charge on any atom is 0.241 e. The molecule has 0 saturated heterocycles. The molecule has 0 saturated carbocycles. The highest BCUT2D eigenvalue weighted by molar-refractivity contribution is 7.80. The van der Waals surface area contributed by atoms with Crippen molar-refractivity contribution in [2.45, 2.75) is 0 Å². The molecular weight excluding hydrogens is 258 g/mol. The summed E-state index contributed by atoms with van der Waals surface area (Å²) in [5.74, 6) is -1.87. The predicted molar refractivity (Wildman–Crippen MR) is 78.5 cm³/mol. The van der Waals surface area contributed by atoms with Gasteiger partial charge in [-0.2, -0.15) is 5.26 Å². The second kappa shape index (κ2) is 5.46. The van der Waals surface area contributed by atoms with Crippen molar-refractivity contribution in [1.82, 2.24) is 0 Å². The van der Waals surface area contributed by atoms with Crippen LogP contribution in [0.4, 0.5) is 5.69 Å². The lowest BCUT2D eigenvalue weighted by molar-refractivity contribution is -0.118. The molecule has 0 aliphatic rings. The highest BCUT2D eigenvalue weighted by atomic mass is 32.1. The zero-order chi connectivity index (χ0) is 13.8. The largest absolute Gasteiger partial charge is 0.368 e. The Labute approximate surface area is 115 Å². The molecule has 2 rings (SSSR count). The van der Waals surface area contributed by atoms with Gasteiger partial charge in [0.2, 0.25) is 5.91 Å². The van der Waals surface area contributed by atoms with E-state index in [1.165, 1.54) is 0 Å². The highest BCUT2D eigenvalue weighted by Crippen LogP contribution is 2.23. The molecule has 0 spiro atoms. The zero-order valence-corrected chi connectivity index (χ0v) is 10.8.